The second-order valence-electron chi connectivity index (χ2n) is 8.77. The second-order valence-corrected chi connectivity index (χ2v) is 8.77. The zero-order chi connectivity index (χ0) is 29.7. The number of carbonyl (C=O) groups is 3. The van der Waals surface area contributed by atoms with Crippen LogP contribution in [0.25, 0.3) is 6.08 Å². The van der Waals surface area contributed by atoms with E-state index >= 15 is 0 Å². The first kappa shape index (κ1) is 29.3. The van der Waals surface area contributed by atoms with E-state index in [0.717, 1.165) is 5.56 Å². The highest BCUT2D eigenvalue weighted by Crippen LogP contribution is 2.28. The van der Waals surface area contributed by atoms with Gasteiger partial charge in [-0.15, -0.1) is 0 Å². The Labute approximate surface area is 243 Å². The Balaban J connectivity index is 1.37. The molecule has 9 nitrogen and oxygen atoms in total. The maximum absolute atomic E-state index is 12.7. The van der Waals surface area contributed by atoms with Crippen LogP contribution in [-0.2, 0) is 4.79 Å². The Morgan fingerprint density at radius 3 is 2.31 bits per heavy atom. The number of hydrogen-bond donors (Lipinski definition) is 2. The highest BCUT2D eigenvalue weighted by atomic mass is 16.6. The average Bonchev–Trinajstić information content (AvgIpc) is 3.02. The van der Waals surface area contributed by atoms with E-state index in [1.165, 1.54) is 19.4 Å². The van der Waals surface area contributed by atoms with Crippen molar-refractivity contribution in [1.29, 1.82) is 0 Å². The summed E-state index contributed by atoms with van der Waals surface area (Å²) in [5, 5.41) is 6.80. The normalized spacial score (nSPS) is 10.8. The van der Waals surface area contributed by atoms with Crippen molar-refractivity contribution in [2.45, 2.75) is 6.92 Å². The van der Waals surface area contributed by atoms with Crippen molar-refractivity contribution < 1.29 is 28.6 Å². The summed E-state index contributed by atoms with van der Waals surface area (Å²) >= 11 is 0. The number of nitrogens with one attached hydrogen (secondary N) is 2. The Morgan fingerprint density at radius 1 is 0.786 bits per heavy atom. The van der Waals surface area contributed by atoms with Crippen LogP contribution in [0.3, 0.4) is 0 Å². The maximum atomic E-state index is 12.7. The molecule has 0 saturated carbocycles. The van der Waals surface area contributed by atoms with Crippen LogP contribution in [0.5, 0.6) is 17.2 Å². The molecular weight excluding hydrogens is 534 g/mol. The van der Waals surface area contributed by atoms with Gasteiger partial charge in [0.15, 0.2) is 11.5 Å². The van der Waals surface area contributed by atoms with E-state index < -0.39 is 11.9 Å². The first-order valence-corrected chi connectivity index (χ1v) is 13.1. The molecule has 0 aromatic heterocycles. The fourth-order valence-corrected chi connectivity index (χ4v) is 3.76. The van der Waals surface area contributed by atoms with Gasteiger partial charge in [-0.2, -0.15) is 5.10 Å². The minimum absolute atomic E-state index is 0.258. The summed E-state index contributed by atoms with van der Waals surface area (Å²) in [7, 11) is 1.53. The minimum atomic E-state index is -0.546. The molecule has 0 saturated heterocycles. The van der Waals surface area contributed by atoms with Crippen LogP contribution in [0.1, 0.15) is 38.8 Å². The molecule has 4 aromatic rings. The lowest BCUT2D eigenvalue weighted by Crippen LogP contribution is -2.18. The van der Waals surface area contributed by atoms with Gasteiger partial charge < -0.3 is 19.5 Å². The molecule has 2 N–H and O–H groups in total. The Bertz CT molecular complexity index is 1620. The number of benzene rings is 4. The zero-order valence-corrected chi connectivity index (χ0v) is 23.1. The van der Waals surface area contributed by atoms with E-state index in [0.29, 0.717) is 40.5 Å². The SMILES string of the molecule is CCOc1cc(C=NNC(=O)c2cccc(NC(=O)c3cccc(OC)c3)c2)ccc1OC(=O)/C=C/c1ccccc1. The second kappa shape index (κ2) is 14.6. The summed E-state index contributed by atoms with van der Waals surface area (Å²) in [6.07, 6.45) is 4.45. The van der Waals surface area contributed by atoms with Crippen molar-refractivity contribution in [1.82, 2.24) is 5.43 Å². The van der Waals surface area contributed by atoms with Gasteiger partial charge in [-0.3, -0.25) is 9.59 Å². The zero-order valence-electron chi connectivity index (χ0n) is 23.1. The fourth-order valence-electron chi connectivity index (χ4n) is 3.76. The highest BCUT2D eigenvalue weighted by molar-refractivity contribution is 6.05. The molecule has 0 radical (unpaired) electrons. The number of amides is 2. The van der Waals surface area contributed by atoms with E-state index in [1.807, 2.05) is 37.3 Å². The van der Waals surface area contributed by atoms with E-state index in [1.54, 1.807) is 72.8 Å². The molecule has 0 bridgehead atoms. The molecular formula is C33H29N3O6. The number of rotatable bonds is 11. The Morgan fingerprint density at radius 2 is 1.55 bits per heavy atom. The summed E-state index contributed by atoms with van der Waals surface area (Å²) in [6, 6.07) is 27.6. The number of anilines is 1. The number of hydrazone groups is 1. The summed E-state index contributed by atoms with van der Waals surface area (Å²) in [6.45, 7) is 2.17. The van der Waals surface area contributed by atoms with Crippen LogP contribution in [0.15, 0.2) is 108 Å². The largest absolute Gasteiger partial charge is 0.497 e. The van der Waals surface area contributed by atoms with Crippen molar-refractivity contribution in [2.75, 3.05) is 19.0 Å². The molecule has 0 aliphatic rings. The molecule has 0 atom stereocenters. The van der Waals surface area contributed by atoms with Gasteiger partial charge in [0, 0.05) is 22.9 Å². The van der Waals surface area contributed by atoms with Crippen molar-refractivity contribution in [3.63, 3.8) is 0 Å². The summed E-state index contributed by atoms with van der Waals surface area (Å²) in [5.74, 6) is -0.174. The molecule has 0 heterocycles. The first-order valence-electron chi connectivity index (χ1n) is 13.1. The van der Waals surface area contributed by atoms with E-state index in [-0.39, 0.29) is 11.7 Å². The molecule has 0 spiro atoms. The summed E-state index contributed by atoms with van der Waals surface area (Å²) < 4.78 is 16.3. The third-order valence-electron chi connectivity index (χ3n) is 5.78. The van der Waals surface area contributed by atoms with E-state index in [9.17, 15) is 14.4 Å². The lowest BCUT2D eigenvalue weighted by Gasteiger charge is -2.10. The van der Waals surface area contributed by atoms with Crippen LogP contribution >= 0.6 is 0 Å². The molecule has 9 heteroatoms. The van der Waals surface area contributed by atoms with Crippen molar-refractivity contribution in [3.8, 4) is 17.2 Å². The van der Waals surface area contributed by atoms with Gasteiger partial charge in [0.25, 0.3) is 11.8 Å². The van der Waals surface area contributed by atoms with Gasteiger partial charge in [-0.05, 0) is 78.7 Å². The van der Waals surface area contributed by atoms with Crippen LogP contribution in [0.2, 0.25) is 0 Å². The smallest absolute Gasteiger partial charge is 0.336 e. The summed E-state index contributed by atoms with van der Waals surface area (Å²) in [5.41, 5.74) is 5.13. The monoisotopic (exact) mass is 563 g/mol. The van der Waals surface area contributed by atoms with Crippen molar-refractivity contribution in [2.24, 2.45) is 5.10 Å². The standard InChI is InChI=1S/C33H29N3O6/c1-3-41-30-19-24(15-17-29(30)42-31(37)18-16-23-9-5-4-6-10-23)22-34-36-33(39)25-11-7-13-27(20-25)35-32(38)26-12-8-14-28(21-26)40-2/h4-22H,3H2,1-2H3,(H,35,38)(H,36,39)/b18-16+,34-22?. The summed E-state index contributed by atoms with van der Waals surface area (Å²) in [4.78, 5) is 37.6. The van der Waals surface area contributed by atoms with Gasteiger partial charge in [0.2, 0.25) is 0 Å². The van der Waals surface area contributed by atoms with Crippen LogP contribution in [0, 0.1) is 0 Å². The number of ether oxygens (including phenoxy) is 3. The van der Waals surface area contributed by atoms with Crippen molar-refractivity contribution >= 4 is 35.8 Å². The minimum Gasteiger partial charge on any atom is -0.497 e. The van der Waals surface area contributed by atoms with Gasteiger partial charge >= 0.3 is 5.97 Å². The molecule has 2 amide bonds. The molecule has 0 aliphatic carbocycles. The molecule has 0 aliphatic heterocycles. The first-order chi connectivity index (χ1) is 20.4. The van der Waals surface area contributed by atoms with Crippen molar-refractivity contribution in [3.05, 3.63) is 125 Å². The highest BCUT2D eigenvalue weighted by Gasteiger charge is 2.11. The predicted molar refractivity (Wildman–Crippen MR) is 161 cm³/mol. The quantitative estimate of drug-likeness (QED) is 0.0792. The number of methoxy groups -OCH3 is 1. The molecule has 42 heavy (non-hydrogen) atoms. The van der Waals surface area contributed by atoms with Crippen LogP contribution in [-0.4, -0.2) is 37.7 Å². The van der Waals surface area contributed by atoms with Crippen LogP contribution < -0.4 is 25.0 Å². The third kappa shape index (κ3) is 8.40. The fraction of sp³-hybridized carbons (Fsp3) is 0.0909. The number of nitrogens with zero attached hydrogens (tertiary/aromatic N) is 1. The molecule has 4 rings (SSSR count). The van der Waals surface area contributed by atoms with E-state index in [4.69, 9.17) is 14.2 Å². The lowest BCUT2D eigenvalue weighted by molar-refractivity contribution is -0.129. The molecule has 4 aromatic carbocycles. The number of carbonyl (C=O) groups excluding carboxylic acids is 3. The van der Waals surface area contributed by atoms with Gasteiger partial charge in [0.05, 0.1) is 19.9 Å². The van der Waals surface area contributed by atoms with Crippen LogP contribution in [0.4, 0.5) is 5.69 Å². The van der Waals surface area contributed by atoms with E-state index in [2.05, 4.69) is 15.8 Å². The molecule has 212 valence electrons. The topological polar surface area (TPSA) is 115 Å². The number of hydrogen-bond acceptors (Lipinski definition) is 7. The molecule has 0 unspecified atom stereocenters. The predicted octanol–water partition coefficient (Wildman–Crippen LogP) is 5.73. The number of esters is 1. The van der Waals surface area contributed by atoms with Gasteiger partial charge in [-0.1, -0.05) is 42.5 Å². The third-order valence-corrected chi connectivity index (χ3v) is 5.78. The van der Waals surface area contributed by atoms with Gasteiger partial charge in [-0.25, -0.2) is 10.2 Å². The maximum Gasteiger partial charge on any atom is 0.336 e. The Kier molecular flexibility index (Phi) is 10.2. The average molecular weight is 564 g/mol. The molecule has 0 fully saturated rings. The lowest BCUT2D eigenvalue weighted by atomic mass is 10.1. The van der Waals surface area contributed by atoms with Gasteiger partial charge in [0.1, 0.15) is 5.75 Å². The Hall–Kier alpha value is -5.70.